The molecule has 0 aliphatic heterocycles. The highest BCUT2D eigenvalue weighted by Gasteiger charge is 2.21. The topological polar surface area (TPSA) is 84.2 Å². The quantitative estimate of drug-likeness (QED) is 0.704. The lowest BCUT2D eigenvalue weighted by atomic mass is 10.1. The smallest absolute Gasteiger partial charge is 0.277 e. The summed E-state index contributed by atoms with van der Waals surface area (Å²) in [6.45, 7) is 3.68. The van der Waals surface area contributed by atoms with E-state index in [0.717, 1.165) is 0 Å². The Labute approximate surface area is 148 Å². The maximum Gasteiger partial charge on any atom is 0.277 e. The summed E-state index contributed by atoms with van der Waals surface area (Å²) >= 11 is 5.77. The van der Waals surface area contributed by atoms with Crippen LogP contribution in [0.1, 0.15) is 10.5 Å². The Kier molecular flexibility index (Phi) is 4.54. The van der Waals surface area contributed by atoms with Crippen LogP contribution in [0.15, 0.2) is 60.0 Å². The number of hydrogen-bond donors (Lipinski definition) is 2. The molecule has 0 radical (unpaired) electrons. The van der Waals surface area contributed by atoms with E-state index in [1.807, 2.05) is 0 Å². The van der Waals surface area contributed by atoms with E-state index in [0.29, 0.717) is 15.8 Å². The van der Waals surface area contributed by atoms with Crippen molar-refractivity contribution < 1.29 is 9.90 Å². The molecule has 2 N–H and O–H groups in total. The Morgan fingerprint density at radius 1 is 1.28 bits per heavy atom. The van der Waals surface area contributed by atoms with Crippen LogP contribution in [0.3, 0.4) is 0 Å². The number of anilines is 1. The highest BCUT2D eigenvalue weighted by Crippen LogP contribution is 2.27. The summed E-state index contributed by atoms with van der Waals surface area (Å²) in [6, 6.07) is 9.65. The zero-order chi connectivity index (χ0) is 18.0. The van der Waals surface area contributed by atoms with Gasteiger partial charge in [0, 0.05) is 18.1 Å². The second-order valence-electron chi connectivity index (χ2n) is 5.26. The van der Waals surface area contributed by atoms with Crippen molar-refractivity contribution in [3.8, 4) is 5.75 Å². The van der Waals surface area contributed by atoms with E-state index in [4.69, 9.17) is 11.6 Å². The molecule has 0 aliphatic carbocycles. The van der Waals surface area contributed by atoms with Gasteiger partial charge >= 0.3 is 0 Å². The molecule has 0 aliphatic rings. The van der Waals surface area contributed by atoms with Gasteiger partial charge in [0.25, 0.3) is 11.5 Å². The highest BCUT2D eigenvalue weighted by atomic mass is 35.5. The fraction of sp³-hybridized carbons (Fsp3) is 0.0556. The minimum atomic E-state index is -0.656. The Balaban J connectivity index is 2.16. The number of allylic oxidation sites excluding steroid dienone is 1. The Morgan fingerprint density at radius 3 is 2.64 bits per heavy atom. The summed E-state index contributed by atoms with van der Waals surface area (Å²) in [5.74, 6) is -0.680. The van der Waals surface area contributed by atoms with E-state index in [9.17, 15) is 14.7 Å². The minimum Gasteiger partial charge on any atom is -0.505 e. The van der Waals surface area contributed by atoms with Gasteiger partial charge < -0.3 is 10.4 Å². The molecule has 2 heterocycles. The monoisotopic (exact) mass is 355 g/mol. The predicted molar refractivity (Wildman–Crippen MR) is 97.3 cm³/mol. The molecule has 0 saturated carbocycles. The number of nitrogens with one attached hydrogen (secondary N) is 1. The fourth-order valence-electron chi connectivity index (χ4n) is 2.54. The lowest BCUT2D eigenvalue weighted by molar-refractivity contribution is 0.101. The van der Waals surface area contributed by atoms with Gasteiger partial charge in [-0.2, -0.15) is 0 Å². The van der Waals surface area contributed by atoms with Gasteiger partial charge in [-0.05, 0) is 18.2 Å². The molecule has 126 valence electrons. The van der Waals surface area contributed by atoms with Crippen LogP contribution in [0, 0.1) is 0 Å². The molecule has 0 unspecified atom stereocenters. The molecule has 2 aromatic heterocycles. The molecule has 0 fully saturated rings. The first-order valence-corrected chi connectivity index (χ1v) is 7.79. The van der Waals surface area contributed by atoms with Crippen molar-refractivity contribution >= 4 is 34.1 Å². The van der Waals surface area contributed by atoms with Crippen molar-refractivity contribution in [3.05, 3.63) is 76.3 Å². The van der Waals surface area contributed by atoms with E-state index < -0.39 is 5.91 Å². The molecule has 0 saturated heterocycles. The van der Waals surface area contributed by atoms with E-state index >= 15 is 0 Å². The minimum absolute atomic E-state index is 0.0774. The molecule has 7 heteroatoms. The number of aromatic hydroxyl groups is 1. The van der Waals surface area contributed by atoms with Crippen molar-refractivity contribution in [3.63, 3.8) is 0 Å². The van der Waals surface area contributed by atoms with Crippen LogP contribution in [0.2, 0.25) is 5.02 Å². The third-order valence-corrected chi connectivity index (χ3v) is 3.87. The summed E-state index contributed by atoms with van der Waals surface area (Å²) in [6.07, 6.45) is 2.86. The standard InChI is InChI=1S/C18H14ClN3O3/c1-2-9-22-15(17(24)21-14-8-7-11(19)10-20-14)16(23)12-5-3-4-6-13(12)18(22)25/h2-8,10,23H,1,9H2,(H,20,21,24). The van der Waals surface area contributed by atoms with E-state index in [1.165, 1.54) is 22.9 Å². The van der Waals surface area contributed by atoms with Crippen LogP contribution in [-0.2, 0) is 6.54 Å². The second kappa shape index (κ2) is 6.78. The second-order valence-corrected chi connectivity index (χ2v) is 5.70. The number of nitrogens with zero attached hydrogens (tertiary/aromatic N) is 2. The number of amides is 1. The zero-order valence-electron chi connectivity index (χ0n) is 13.1. The van der Waals surface area contributed by atoms with Crippen molar-refractivity contribution in [2.45, 2.75) is 6.54 Å². The SMILES string of the molecule is C=CCn1c(C(=O)Nc2ccc(Cl)cn2)c(O)c2ccccc2c1=O. The number of halogens is 1. The van der Waals surface area contributed by atoms with E-state index in [2.05, 4.69) is 16.9 Å². The highest BCUT2D eigenvalue weighted by molar-refractivity contribution is 6.30. The lowest BCUT2D eigenvalue weighted by Gasteiger charge is -2.15. The number of hydrogen-bond acceptors (Lipinski definition) is 4. The maximum atomic E-state index is 12.7. The van der Waals surface area contributed by atoms with Gasteiger partial charge in [0.15, 0.2) is 11.4 Å². The summed E-state index contributed by atoms with van der Waals surface area (Å²) in [4.78, 5) is 29.3. The van der Waals surface area contributed by atoms with Crippen molar-refractivity contribution in [1.29, 1.82) is 0 Å². The molecule has 0 atom stereocenters. The predicted octanol–water partition coefficient (Wildman–Crippen LogP) is 3.19. The first-order valence-electron chi connectivity index (χ1n) is 7.41. The van der Waals surface area contributed by atoms with E-state index in [1.54, 1.807) is 30.3 Å². The number of aromatic nitrogens is 2. The average Bonchev–Trinajstić information content (AvgIpc) is 2.61. The lowest BCUT2D eigenvalue weighted by Crippen LogP contribution is -2.29. The van der Waals surface area contributed by atoms with Crippen LogP contribution in [0.25, 0.3) is 10.8 Å². The number of pyridine rings is 2. The molecule has 3 rings (SSSR count). The summed E-state index contributed by atoms with van der Waals surface area (Å²) in [5, 5.41) is 14.2. The van der Waals surface area contributed by atoms with Crippen molar-refractivity contribution in [2.24, 2.45) is 0 Å². The largest absolute Gasteiger partial charge is 0.505 e. The van der Waals surface area contributed by atoms with Crippen LogP contribution in [0.4, 0.5) is 5.82 Å². The van der Waals surface area contributed by atoms with Gasteiger partial charge in [-0.15, -0.1) is 6.58 Å². The van der Waals surface area contributed by atoms with Gasteiger partial charge in [-0.3, -0.25) is 14.2 Å². The Bertz CT molecular complexity index is 1030. The maximum absolute atomic E-state index is 12.7. The molecular weight excluding hydrogens is 342 g/mol. The van der Waals surface area contributed by atoms with Crippen LogP contribution < -0.4 is 10.9 Å². The van der Waals surface area contributed by atoms with Crippen LogP contribution in [0.5, 0.6) is 5.75 Å². The first kappa shape index (κ1) is 16.7. The number of rotatable bonds is 4. The average molecular weight is 356 g/mol. The molecule has 3 aromatic rings. The van der Waals surface area contributed by atoms with Gasteiger partial charge in [0.05, 0.1) is 10.4 Å². The van der Waals surface area contributed by atoms with Crippen LogP contribution >= 0.6 is 11.6 Å². The third-order valence-electron chi connectivity index (χ3n) is 3.65. The van der Waals surface area contributed by atoms with Gasteiger partial charge in [-0.1, -0.05) is 35.9 Å². The Morgan fingerprint density at radius 2 is 2.00 bits per heavy atom. The number of carbonyl (C=O) groups is 1. The van der Waals surface area contributed by atoms with E-state index in [-0.39, 0.29) is 29.4 Å². The molecule has 1 aromatic carbocycles. The summed E-state index contributed by atoms with van der Waals surface area (Å²) < 4.78 is 1.18. The van der Waals surface area contributed by atoms with Crippen molar-refractivity contribution in [1.82, 2.24) is 9.55 Å². The molecule has 0 bridgehead atoms. The Hall–Kier alpha value is -3.12. The normalized spacial score (nSPS) is 10.6. The molecule has 6 nitrogen and oxygen atoms in total. The zero-order valence-corrected chi connectivity index (χ0v) is 13.8. The van der Waals surface area contributed by atoms with Gasteiger partial charge in [0.2, 0.25) is 0 Å². The number of benzene rings is 1. The van der Waals surface area contributed by atoms with Crippen molar-refractivity contribution in [2.75, 3.05) is 5.32 Å². The number of carbonyl (C=O) groups excluding carboxylic acids is 1. The van der Waals surface area contributed by atoms with Crippen LogP contribution in [-0.4, -0.2) is 20.6 Å². The van der Waals surface area contributed by atoms with Gasteiger partial charge in [0.1, 0.15) is 5.82 Å². The number of fused-ring (bicyclic) bond motifs is 1. The summed E-state index contributed by atoms with van der Waals surface area (Å²) in [5.41, 5.74) is -0.539. The molecular formula is C18H14ClN3O3. The molecule has 1 amide bonds. The van der Waals surface area contributed by atoms with Gasteiger partial charge in [-0.25, -0.2) is 4.98 Å². The molecule has 25 heavy (non-hydrogen) atoms. The molecule has 0 spiro atoms. The third kappa shape index (κ3) is 3.12. The fourth-order valence-corrected chi connectivity index (χ4v) is 2.65. The first-order chi connectivity index (χ1) is 12.0. The summed E-state index contributed by atoms with van der Waals surface area (Å²) in [7, 11) is 0.